The largest absolute Gasteiger partial charge is 0.451 e. The van der Waals surface area contributed by atoms with Gasteiger partial charge in [0, 0.05) is 29.5 Å². The Morgan fingerprint density at radius 2 is 1.35 bits per heavy atom. The Morgan fingerprint density at radius 1 is 0.824 bits per heavy atom. The van der Waals surface area contributed by atoms with E-state index in [1.165, 1.54) is 22.3 Å². The van der Waals surface area contributed by atoms with Crippen molar-refractivity contribution in [3.05, 3.63) is 101 Å². The third-order valence-electron chi connectivity index (χ3n) is 8.15. The summed E-state index contributed by atoms with van der Waals surface area (Å²) in [6.07, 6.45) is -0.114. The van der Waals surface area contributed by atoms with E-state index in [0.29, 0.717) is 13.0 Å². The average Bonchev–Trinajstić information content (AvgIpc) is 3.08. The number of benzene rings is 3. The number of carbonyl (C=O) groups is 2. The highest BCUT2D eigenvalue weighted by atomic mass is 16.6. The third-order valence-corrected chi connectivity index (χ3v) is 8.15. The van der Waals surface area contributed by atoms with Crippen molar-refractivity contribution in [1.82, 2.24) is 0 Å². The summed E-state index contributed by atoms with van der Waals surface area (Å²) >= 11 is 0. The fraction of sp³-hybridized carbons (Fsp3) is 0.333. The van der Waals surface area contributed by atoms with Crippen LogP contribution in [0.5, 0.6) is 0 Å². The molecule has 3 aliphatic carbocycles. The molecule has 2 atom stereocenters. The Kier molecular flexibility index (Phi) is 4.54. The monoisotopic (exact) mass is 451 g/mol. The first-order valence-electron chi connectivity index (χ1n) is 12.1. The standard InChI is InChI=1S/C30H29NO3/c1-29(2)18-31(19-11-5-4-6-12-19)27(32)26(29)34-28(33)30(3)17-24-20-13-7-9-15-22(20)25(30)23-16-10-8-14-21(23)24/h4-16,24-26H,17-18H2,1-3H3/t24?,25?,26-,30-/m1/s1. The fourth-order valence-electron chi connectivity index (χ4n) is 6.49. The molecule has 0 unspecified atom stereocenters. The molecule has 0 radical (unpaired) electrons. The first-order valence-corrected chi connectivity index (χ1v) is 12.1. The number of anilines is 1. The molecule has 172 valence electrons. The van der Waals surface area contributed by atoms with Crippen LogP contribution in [-0.2, 0) is 14.3 Å². The van der Waals surface area contributed by atoms with Gasteiger partial charge in [-0.25, -0.2) is 0 Å². The van der Waals surface area contributed by atoms with Gasteiger partial charge in [0.05, 0.1) is 5.41 Å². The number of ether oxygens (including phenoxy) is 1. The third kappa shape index (κ3) is 2.91. The first-order chi connectivity index (χ1) is 16.3. The Balaban J connectivity index is 1.35. The van der Waals surface area contributed by atoms with Gasteiger partial charge in [0.2, 0.25) is 0 Å². The topological polar surface area (TPSA) is 46.6 Å². The molecule has 34 heavy (non-hydrogen) atoms. The second-order valence-electron chi connectivity index (χ2n) is 10.9. The lowest BCUT2D eigenvalue weighted by molar-refractivity contribution is -0.170. The molecule has 1 fully saturated rings. The van der Waals surface area contributed by atoms with Gasteiger partial charge in [0.25, 0.3) is 5.91 Å². The maximum Gasteiger partial charge on any atom is 0.313 e. The summed E-state index contributed by atoms with van der Waals surface area (Å²) in [7, 11) is 0. The lowest BCUT2D eigenvalue weighted by atomic mass is 9.52. The number of hydrogen-bond donors (Lipinski definition) is 0. The quantitative estimate of drug-likeness (QED) is 0.483. The molecular formula is C30H29NO3. The van der Waals surface area contributed by atoms with Crippen LogP contribution in [0.25, 0.3) is 0 Å². The predicted molar refractivity (Wildman–Crippen MR) is 132 cm³/mol. The smallest absolute Gasteiger partial charge is 0.313 e. The highest BCUT2D eigenvalue weighted by Gasteiger charge is 2.57. The number of nitrogens with zero attached hydrogens (tertiary/aromatic N) is 1. The molecule has 4 heteroatoms. The van der Waals surface area contributed by atoms with E-state index >= 15 is 0 Å². The van der Waals surface area contributed by atoms with Crippen molar-refractivity contribution in [2.75, 3.05) is 11.4 Å². The Labute approximate surface area is 200 Å². The molecule has 1 heterocycles. The number of esters is 1. The van der Waals surface area contributed by atoms with Gasteiger partial charge < -0.3 is 9.64 Å². The van der Waals surface area contributed by atoms with Crippen molar-refractivity contribution in [1.29, 1.82) is 0 Å². The maximum absolute atomic E-state index is 14.0. The second-order valence-corrected chi connectivity index (χ2v) is 10.9. The molecule has 3 aromatic carbocycles. The molecule has 0 spiro atoms. The minimum Gasteiger partial charge on any atom is -0.451 e. The maximum atomic E-state index is 14.0. The van der Waals surface area contributed by atoms with Crippen LogP contribution < -0.4 is 4.90 Å². The number of carbonyl (C=O) groups excluding carboxylic acids is 2. The van der Waals surface area contributed by atoms with Crippen molar-refractivity contribution in [2.45, 2.75) is 45.1 Å². The minimum absolute atomic E-state index is 0.0813. The molecule has 4 nitrogen and oxygen atoms in total. The van der Waals surface area contributed by atoms with Crippen LogP contribution in [0.3, 0.4) is 0 Å². The van der Waals surface area contributed by atoms with Gasteiger partial charge in [0.15, 0.2) is 6.10 Å². The van der Waals surface area contributed by atoms with Gasteiger partial charge in [-0.2, -0.15) is 0 Å². The number of hydrogen-bond acceptors (Lipinski definition) is 3. The summed E-state index contributed by atoms with van der Waals surface area (Å²) in [5.74, 6) is -0.340. The van der Waals surface area contributed by atoms with Gasteiger partial charge in [-0.05, 0) is 47.7 Å². The second kappa shape index (κ2) is 7.30. The van der Waals surface area contributed by atoms with E-state index in [4.69, 9.17) is 4.74 Å². The van der Waals surface area contributed by atoms with Crippen LogP contribution in [-0.4, -0.2) is 24.5 Å². The predicted octanol–water partition coefficient (Wildman–Crippen LogP) is 5.66. The highest BCUT2D eigenvalue weighted by Crippen LogP contribution is 2.61. The van der Waals surface area contributed by atoms with E-state index in [1.807, 2.05) is 51.1 Å². The molecule has 0 aromatic heterocycles. The van der Waals surface area contributed by atoms with Crippen LogP contribution >= 0.6 is 0 Å². The molecule has 1 amide bonds. The van der Waals surface area contributed by atoms with Gasteiger partial charge in [-0.15, -0.1) is 0 Å². The van der Waals surface area contributed by atoms with E-state index < -0.39 is 16.9 Å². The summed E-state index contributed by atoms with van der Waals surface area (Å²) in [6.45, 7) is 6.56. The van der Waals surface area contributed by atoms with Gasteiger partial charge in [-0.3, -0.25) is 9.59 Å². The van der Waals surface area contributed by atoms with Gasteiger partial charge in [-0.1, -0.05) is 80.6 Å². The summed E-state index contributed by atoms with van der Waals surface area (Å²) in [6, 6.07) is 26.6. The Bertz CT molecular complexity index is 1250. The highest BCUT2D eigenvalue weighted by molar-refractivity contribution is 6.01. The molecule has 1 saturated heterocycles. The summed E-state index contributed by atoms with van der Waals surface area (Å²) in [5.41, 5.74) is 4.66. The Hall–Kier alpha value is -3.40. The van der Waals surface area contributed by atoms with Gasteiger partial charge >= 0.3 is 5.97 Å². The molecule has 2 bridgehead atoms. The molecule has 7 rings (SSSR count). The molecular weight excluding hydrogens is 422 g/mol. The minimum atomic E-state index is -0.803. The number of rotatable bonds is 3. The number of amides is 1. The van der Waals surface area contributed by atoms with E-state index in [1.54, 1.807) is 4.90 Å². The zero-order valence-electron chi connectivity index (χ0n) is 19.8. The molecule has 1 aliphatic heterocycles. The van der Waals surface area contributed by atoms with Crippen LogP contribution in [0.1, 0.15) is 61.3 Å². The normalized spacial score (nSPS) is 28.4. The van der Waals surface area contributed by atoms with Crippen LogP contribution in [0, 0.1) is 10.8 Å². The van der Waals surface area contributed by atoms with Gasteiger partial charge in [0.1, 0.15) is 0 Å². The average molecular weight is 452 g/mol. The molecule has 0 saturated carbocycles. The van der Waals surface area contributed by atoms with Crippen molar-refractivity contribution in [3.8, 4) is 0 Å². The van der Waals surface area contributed by atoms with E-state index in [2.05, 4.69) is 48.5 Å². The lowest BCUT2D eigenvalue weighted by Crippen LogP contribution is -2.48. The fourth-order valence-corrected chi connectivity index (χ4v) is 6.49. The Morgan fingerprint density at radius 3 is 1.94 bits per heavy atom. The number of fused-ring (bicyclic) bond motifs is 1. The molecule has 0 N–H and O–H groups in total. The van der Waals surface area contributed by atoms with E-state index in [9.17, 15) is 9.59 Å². The van der Waals surface area contributed by atoms with Crippen molar-refractivity contribution >= 4 is 17.6 Å². The molecule has 4 aliphatic rings. The van der Waals surface area contributed by atoms with E-state index in [0.717, 1.165) is 5.69 Å². The van der Waals surface area contributed by atoms with Crippen LogP contribution in [0.2, 0.25) is 0 Å². The number of para-hydroxylation sites is 1. The zero-order chi connectivity index (χ0) is 23.7. The summed E-state index contributed by atoms with van der Waals surface area (Å²) in [4.78, 5) is 29.2. The summed E-state index contributed by atoms with van der Waals surface area (Å²) < 4.78 is 6.19. The lowest BCUT2D eigenvalue weighted by Gasteiger charge is -2.50. The van der Waals surface area contributed by atoms with Crippen molar-refractivity contribution < 1.29 is 14.3 Å². The van der Waals surface area contributed by atoms with E-state index in [-0.39, 0.29) is 23.7 Å². The first kappa shape index (κ1) is 21.2. The SMILES string of the molecule is CC1(C)CN(c2ccccc2)C(=O)[C@H]1OC(=O)[C@]1(C)CC2c3ccccc3C1c1ccccc12. The molecule has 3 aromatic rings. The van der Waals surface area contributed by atoms with Crippen molar-refractivity contribution in [3.63, 3.8) is 0 Å². The zero-order valence-corrected chi connectivity index (χ0v) is 19.8. The van der Waals surface area contributed by atoms with Crippen LogP contribution in [0.15, 0.2) is 78.9 Å². The summed E-state index contributed by atoms with van der Waals surface area (Å²) in [5, 5.41) is 0. The van der Waals surface area contributed by atoms with Crippen molar-refractivity contribution in [2.24, 2.45) is 10.8 Å². The van der Waals surface area contributed by atoms with Crippen LogP contribution in [0.4, 0.5) is 5.69 Å².